The van der Waals surface area contributed by atoms with Crippen LogP contribution in [-0.4, -0.2) is 41.0 Å². The molecule has 1 atom stereocenters. The fourth-order valence-electron chi connectivity index (χ4n) is 2.44. The number of ether oxygens (including phenoxy) is 1. The lowest BCUT2D eigenvalue weighted by Gasteiger charge is -2.13. The van der Waals surface area contributed by atoms with Gasteiger partial charge in [0, 0.05) is 19.7 Å². The molecule has 6 heteroatoms. The smallest absolute Gasteiger partial charge is 0.230 e. The fourth-order valence-corrected chi connectivity index (χ4v) is 3.28. The minimum absolute atomic E-state index is 0.00250. The Balaban J connectivity index is 2.08. The number of benzene rings is 1. The van der Waals surface area contributed by atoms with Gasteiger partial charge in [-0.05, 0) is 25.0 Å². The predicted octanol–water partition coefficient (Wildman–Crippen LogP) is 2.94. The van der Waals surface area contributed by atoms with Crippen LogP contribution in [0.5, 0.6) is 0 Å². The largest absolute Gasteiger partial charge is 0.383 e. The number of hydrogen-bond acceptors (Lipinski definition) is 4. The van der Waals surface area contributed by atoms with Crippen molar-refractivity contribution in [1.29, 1.82) is 0 Å². The number of carbonyl (C=O) groups is 1. The van der Waals surface area contributed by atoms with Crippen LogP contribution in [-0.2, 0) is 16.1 Å². The summed E-state index contributed by atoms with van der Waals surface area (Å²) < 4.78 is 7.24. The second kappa shape index (κ2) is 8.36. The van der Waals surface area contributed by atoms with Crippen molar-refractivity contribution >= 4 is 28.7 Å². The van der Waals surface area contributed by atoms with E-state index in [0.29, 0.717) is 18.3 Å². The third-order valence-corrected chi connectivity index (χ3v) is 4.30. The van der Waals surface area contributed by atoms with Crippen LogP contribution in [0.25, 0.3) is 11.0 Å². The Morgan fingerprint density at radius 1 is 1.35 bits per heavy atom. The maximum absolute atomic E-state index is 12.0. The highest BCUT2D eigenvalue weighted by Gasteiger charge is 2.14. The highest BCUT2D eigenvalue weighted by atomic mass is 32.2. The zero-order valence-electron chi connectivity index (χ0n) is 14.2. The number of methoxy groups -OCH3 is 1. The normalized spacial score (nSPS) is 12.7. The number of amides is 1. The molecule has 1 aromatic heterocycles. The van der Waals surface area contributed by atoms with Gasteiger partial charge in [-0.2, -0.15) is 0 Å². The van der Waals surface area contributed by atoms with Crippen molar-refractivity contribution in [3.05, 3.63) is 24.3 Å². The summed E-state index contributed by atoms with van der Waals surface area (Å²) in [5, 5.41) is 3.82. The van der Waals surface area contributed by atoms with Crippen molar-refractivity contribution in [3.8, 4) is 0 Å². The van der Waals surface area contributed by atoms with E-state index >= 15 is 0 Å². The van der Waals surface area contributed by atoms with E-state index in [0.717, 1.165) is 22.7 Å². The summed E-state index contributed by atoms with van der Waals surface area (Å²) in [6.45, 7) is 7.71. The summed E-state index contributed by atoms with van der Waals surface area (Å²) >= 11 is 1.48. The highest BCUT2D eigenvalue weighted by Crippen LogP contribution is 2.25. The summed E-state index contributed by atoms with van der Waals surface area (Å²) in [6.07, 6.45) is 0. The lowest BCUT2D eigenvalue weighted by atomic mass is 10.2. The Kier molecular flexibility index (Phi) is 6.47. The van der Waals surface area contributed by atoms with Crippen molar-refractivity contribution in [1.82, 2.24) is 14.9 Å². The van der Waals surface area contributed by atoms with E-state index in [1.807, 2.05) is 25.1 Å². The molecule has 0 fully saturated rings. The molecule has 5 nitrogen and oxygen atoms in total. The second-order valence-corrected chi connectivity index (χ2v) is 7.04. The summed E-state index contributed by atoms with van der Waals surface area (Å²) in [5.41, 5.74) is 2.10. The monoisotopic (exact) mass is 335 g/mol. The summed E-state index contributed by atoms with van der Waals surface area (Å²) in [5.74, 6) is 0.875. The number of carbonyl (C=O) groups excluding carboxylic acids is 1. The summed E-state index contributed by atoms with van der Waals surface area (Å²) in [6, 6.07) is 8.12. The van der Waals surface area contributed by atoms with Crippen LogP contribution in [0, 0.1) is 5.92 Å². The summed E-state index contributed by atoms with van der Waals surface area (Å²) in [7, 11) is 1.63. The van der Waals surface area contributed by atoms with Crippen LogP contribution in [0.4, 0.5) is 0 Å². The molecule has 0 aliphatic heterocycles. The van der Waals surface area contributed by atoms with E-state index in [1.165, 1.54) is 11.8 Å². The van der Waals surface area contributed by atoms with E-state index in [1.54, 1.807) is 7.11 Å². The second-order valence-electron chi connectivity index (χ2n) is 6.10. The molecule has 0 saturated carbocycles. The van der Waals surface area contributed by atoms with Gasteiger partial charge in [0.05, 0.1) is 23.4 Å². The maximum Gasteiger partial charge on any atom is 0.230 e. The number of fused-ring (bicyclic) bond motifs is 1. The quantitative estimate of drug-likeness (QED) is 0.754. The zero-order valence-corrected chi connectivity index (χ0v) is 15.0. The molecule has 0 bridgehead atoms. The van der Waals surface area contributed by atoms with Crippen LogP contribution in [0.3, 0.4) is 0 Å². The third-order valence-electron chi connectivity index (χ3n) is 3.32. The topological polar surface area (TPSA) is 56.1 Å². The lowest BCUT2D eigenvalue weighted by Crippen LogP contribution is -2.36. The van der Waals surface area contributed by atoms with Gasteiger partial charge in [-0.15, -0.1) is 0 Å². The first-order valence-electron chi connectivity index (χ1n) is 7.87. The molecule has 23 heavy (non-hydrogen) atoms. The Hall–Kier alpha value is -1.53. The number of para-hydroxylation sites is 2. The number of hydrogen-bond donors (Lipinski definition) is 1. The Labute approximate surface area is 141 Å². The molecule has 0 aliphatic rings. The maximum atomic E-state index is 12.0. The molecule has 1 heterocycles. The van der Waals surface area contributed by atoms with E-state index in [-0.39, 0.29) is 11.9 Å². The van der Waals surface area contributed by atoms with Crippen molar-refractivity contribution in [2.24, 2.45) is 5.92 Å². The molecule has 0 unspecified atom stereocenters. The lowest BCUT2D eigenvalue weighted by molar-refractivity contribution is -0.119. The van der Waals surface area contributed by atoms with Crippen LogP contribution in [0.1, 0.15) is 20.8 Å². The highest BCUT2D eigenvalue weighted by molar-refractivity contribution is 7.99. The van der Waals surface area contributed by atoms with Crippen molar-refractivity contribution in [3.63, 3.8) is 0 Å². The van der Waals surface area contributed by atoms with E-state index < -0.39 is 0 Å². The molecule has 2 rings (SSSR count). The van der Waals surface area contributed by atoms with Gasteiger partial charge in [0.1, 0.15) is 0 Å². The van der Waals surface area contributed by atoms with Crippen molar-refractivity contribution in [2.75, 3.05) is 19.5 Å². The van der Waals surface area contributed by atoms with Crippen LogP contribution < -0.4 is 5.32 Å². The molecular weight excluding hydrogens is 310 g/mol. The number of nitrogens with one attached hydrogen (secondary N) is 1. The Morgan fingerprint density at radius 3 is 2.78 bits per heavy atom. The number of imidazole rings is 1. The molecule has 126 valence electrons. The molecule has 1 N–H and O–H groups in total. The summed E-state index contributed by atoms with van der Waals surface area (Å²) in [4.78, 5) is 16.7. The van der Waals surface area contributed by atoms with Crippen LogP contribution in [0.2, 0.25) is 0 Å². The number of rotatable bonds is 8. The molecule has 1 amide bonds. The van der Waals surface area contributed by atoms with Crippen molar-refractivity contribution in [2.45, 2.75) is 38.5 Å². The van der Waals surface area contributed by atoms with Crippen molar-refractivity contribution < 1.29 is 9.53 Å². The standard InChI is InChI=1S/C17H25N3O2S/c1-12(2)9-20-15-8-6-5-7-14(15)19-17(20)23-11-16(21)18-13(3)10-22-4/h5-8,12-13H,9-11H2,1-4H3,(H,18,21)/t13-/m0/s1. The molecule has 1 aromatic carbocycles. The van der Waals surface area contributed by atoms with Gasteiger partial charge in [-0.25, -0.2) is 4.98 Å². The Bertz CT molecular complexity index is 654. The van der Waals surface area contributed by atoms with E-state index in [9.17, 15) is 4.79 Å². The molecule has 0 spiro atoms. The molecule has 2 aromatic rings. The van der Waals surface area contributed by atoms with Gasteiger partial charge in [-0.1, -0.05) is 37.7 Å². The van der Waals surface area contributed by atoms with E-state index in [2.05, 4.69) is 34.8 Å². The predicted molar refractivity (Wildman–Crippen MR) is 94.8 cm³/mol. The van der Waals surface area contributed by atoms with Gasteiger partial charge in [0.2, 0.25) is 5.91 Å². The van der Waals surface area contributed by atoms with Gasteiger partial charge in [0.15, 0.2) is 5.16 Å². The first-order valence-corrected chi connectivity index (χ1v) is 8.86. The SMILES string of the molecule is COC[C@H](C)NC(=O)CSc1nc2ccccc2n1CC(C)C. The molecule has 0 saturated heterocycles. The number of thioether (sulfide) groups is 1. The van der Waals surface area contributed by atoms with E-state index in [4.69, 9.17) is 4.74 Å². The average molecular weight is 335 g/mol. The van der Waals surface area contributed by atoms with Crippen LogP contribution >= 0.6 is 11.8 Å². The molecule has 0 aliphatic carbocycles. The first kappa shape index (κ1) is 17.8. The van der Waals surface area contributed by atoms with Gasteiger partial charge >= 0.3 is 0 Å². The van der Waals surface area contributed by atoms with Gasteiger partial charge in [-0.3, -0.25) is 4.79 Å². The van der Waals surface area contributed by atoms with Crippen LogP contribution in [0.15, 0.2) is 29.4 Å². The average Bonchev–Trinajstić information content (AvgIpc) is 2.83. The van der Waals surface area contributed by atoms with Gasteiger partial charge < -0.3 is 14.6 Å². The first-order chi connectivity index (χ1) is 11.0. The van der Waals surface area contributed by atoms with Gasteiger partial charge in [0.25, 0.3) is 0 Å². The Morgan fingerprint density at radius 2 is 2.09 bits per heavy atom. The molecule has 0 radical (unpaired) electrons. The minimum atomic E-state index is 0.00250. The number of nitrogens with zero attached hydrogens (tertiary/aromatic N) is 2. The zero-order chi connectivity index (χ0) is 16.8. The molecular formula is C17H25N3O2S. The third kappa shape index (κ3) is 4.97. The fraction of sp³-hybridized carbons (Fsp3) is 0.529. The minimum Gasteiger partial charge on any atom is -0.383 e. The number of aromatic nitrogens is 2.